The van der Waals surface area contributed by atoms with Crippen LogP contribution in [0.2, 0.25) is 0 Å². The van der Waals surface area contributed by atoms with Crippen molar-refractivity contribution in [2.24, 2.45) is 40.4 Å². The van der Waals surface area contributed by atoms with Crippen molar-refractivity contribution in [3.05, 3.63) is 77.7 Å². The van der Waals surface area contributed by atoms with Gasteiger partial charge in [-0.2, -0.15) is 6.42 Å². The molecule has 0 amide bonds. The van der Waals surface area contributed by atoms with Crippen molar-refractivity contribution in [2.75, 3.05) is 41.7 Å². The number of Topliss-reactive ketones (excluding diaryl/α,β-unsaturated/α-hetero) is 1. The fourth-order valence-corrected chi connectivity index (χ4v) is 11.6. The van der Waals surface area contributed by atoms with E-state index in [9.17, 15) is 9.59 Å². The number of hydrogen-bond acceptors (Lipinski definition) is 6. The number of ketones is 2. The van der Waals surface area contributed by atoms with E-state index in [1.807, 2.05) is 6.08 Å². The van der Waals surface area contributed by atoms with E-state index >= 15 is 0 Å². The third-order valence-corrected chi connectivity index (χ3v) is 14.3. The molecule has 2 aromatic rings. The van der Waals surface area contributed by atoms with Crippen LogP contribution in [0.15, 0.2) is 48.6 Å². The molecule has 0 heterocycles. The Kier molecular flexibility index (Phi) is 16.4. The molecule has 3 saturated carbocycles. The number of allylic oxidation sites excluding steroid dienone is 2. The molecule has 6 nitrogen and oxygen atoms in total. The third kappa shape index (κ3) is 8.73. The van der Waals surface area contributed by atoms with E-state index < -0.39 is 0 Å². The minimum atomic E-state index is -0.120. The van der Waals surface area contributed by atoms with Gasteiger partial charge in [-0.3, -0.25) is 9.59 Å². The van der Waals surface area contributed by atoms with Crippen LogP contribution in [0.25, 0.3) is 0 Å². The molecule has 0 aromatic heterocycles. The van der Waals surface area contributed by atoms with Crippen LogP contribution in [0.5, 0.6) is 11.5 Å². The number of rotatable bonds is 8. The van der Waals surface area contributed by atoms with Crippen LogP contribution in [-0.2, 0) is 31.9 Å². The molecule has 0 aliphatic heterocycles. The number of hydrogen-bond donors (Lipinski definition) is 0. The van der Waals surface area contributed by atoms with Crippen molar-refractivity contribution in [3.63, 3.8) is 0 Å². The van der Waals surface area contributed by atoms with Gasteiger partial charge in [-0.1, -0.05) is 32.1 Å². The van der Waals surface area contributed by atoms with E-state index in [-0.39, 0.29) is 50.9 Å². The van der Waals surface area contributed by atoms with E-state index in [0.717, 1.165) is 88.9 Å². The molecule has 3 fully saturated rings. The largest absolute Gasteiger partial charge is 2.00 e. The Morgan fingerprint density at radius 3 is 1.85 bits per heavy atom. The molecule has 54 heavy (non-hydrogen) atoms. The summed E-state index contributed by atoms with van der Waals surface area (Å²) in [6.07, 6.45) is 17.0. The molecule has 8 heteroatoms. The first-order valence-corrected chi connectivity index (χ1v) is 20.0. The minimum Gasteiger partial charge on any atom is -1.00 e. The monoisotopic (exact) mass is 814 g/mol. The summed E-state index contributed by atoms with van der Waals surface area (Å²) in [5.41, 5.74) is 5.75. The third-order valence-electron chi connectivity index (χ3n) is 14.3. The maximum absolute atomic E-state index is 12.9. The van der Waals surface area contributed by atoms with Crippen LogP contribution in [0.4, 0.5) is 0 Å². The molecule has 6 aliphatic rings. The molecule has 8 rings (SSSR count). The normalized spacial score (nSPS) is 32.2. The standard InChI is InChI=1S/C23H32O3.C19H22O2.C4H9O.BrH.Mg/c1-23-11-10-19-18-9-7-17(26-3)13-15(18)6-8-20(19)22(23)16(14-21(23)24)5-4-12-25-2;1-19-10-9-15-14-6-4-13(21-2)11-12(14)3-5-16(15)17(19)7-8-18(19)20;1-3-4-5-2;;/h7,9,13,16,19-20,22H,4-6,8,10-12,14H2,1-3H3;4,6-8,11,15-17H,3,5,9-10H2,1-2H3;1,3-4H2,2H3;1H;/q;;-1;;+2/p-1/t16-,19-,20-,22+,23-;15-,16-,17+,19+;;;/m11.../s1. The van der Waals surface area contributed by atoms with Gasteiger partial charge in [0.2, 0.25) is 0 Å². The van der Waals surface area contributed by atoms with Crippen LogP contribution in [0.1, 0.15) is 112 Å². The van der Waals surface area contributed by atoms with Crippen LogP contribution in [0.3, 0.4) is 0 Å². The second kappa shape index (κ2) is 19.6. The zero-order valence-electron chi connectivity index (χ0n) is 33.8. The van der Waals surface area contributed by atoms with Gasteiger partial charge in [0.15, 0.2) is 5.78 Å². The number of aryl methyl sites for hydroxylation is 2. The number of fused-ring (bicyclic) bond motifs is 10. The van der Waals surface area contributed by atoms with Crippen molar-refractivity contribution in [3.8, 4) is 11.5 Å². The maximum atomic E-state index is 12.9. The molecular formula is C46H63BrMgO6. The van der Waals surface area contributed by atoms with Gasteiger partial charge in [-0.05, 0) is 158 Å². The molecule has 292 valence electrons. The summed E-state index contributed by atoms with van der Waals surface area (Å²) in [5.74, 6) is 6.90. The summed E-state index contributed by atoms with van der Waals surface area (Å²) in [7, 11) is 6.92. The van der Waals surface area contributed by atoms with Gasteiger partial charge in [-0.25, -0.2) is 0 Å². The van der Waals surface area contributed by atoms with Crippen molar-refractivity contribution in [1.29, 1.82) is 0 Å². The first kappa shape index (κ1) is 45.0. The fourth-order valence-electron chi connectivity index (χ4n) is 11.6. The maximum Gasteiger partial charge on any atom is 2.00 e. The van der Waals surface area contributed by atoms with Gasteiger partial charge >= 0.3 is 23.1 Å². The van der Waals surface area contributed by atoms with Gasteiger partial charge in [0, 0.05) is 44.7 Å². The molecule has 0 saturated heterocycles. The molecule has 0 radical (unpaired) electrons. The van der Waals surface area contributed by atoms with Gasteiger partial charge in [-0.15, -0.1) is 0 Å². The SMILES string of the molecule is COCCC[C@@H]1CC(=O)[C@@]2(C)CC[C@@H]3c4ccc(OC)cc4CC[C@H]3[C@H]12.COc1ccc2c(c1)CC[C@@H]1[C@@H]2CC[C@]2(C)C(=O)C=C[C@@H]12.[Br-].[CH2-]CCOC.[Mg+2]. The van der Waals surface area contributed by atoms with E-state index in [1.54, 1.807) is 28.4 Å². The number of carbonyl (C=O) groups is 2. The van der Waals surface area contributed by atoms with Crippen molar-refractivity contribution in [1.82, 2.24) is 0 Å². The topological polar surface area (TPSA) is 71.1 Å². The predicted octanol–water partition coefficient (Wildman–Crippen LogP) is 6.15. The zero-order valence-corrected chi connectivity index (χ0v) is 36.8. The summed E-state index contributed by atoms with van der Waals surface area (Å²) >= 11 is 0. The van der Waals surface area contributed by atoms with Crippen molar-refractivity contribution >= 4 is 34.6 Å². The second-order valence-corrected chi connectivity index (χ2v) is 16.8. The molecule has 9 atom stereocenters. The van der Waals surface area contributed by atoms with Crippen LogP contribution >= 0.6 is 0 Å². The second-order valence-electron chi connectivity index (χ2n) is 16.8. The molecule has 0 N–H and O–H groups in total. The smallest absolute Gasteiger partial charge is 1.00 e. The average Bonchev–Trinajstić information content (AvgIpc) is 3.62. The van der Waals surface area contributed by atoms with Gasteiger partial charge in [0.05, 0.1) is 14.2 Å². The van der Waals surface area contributed by atoms with Crippen molar-refractivity contribution in [2.45, 2.75) is 103 Å². The van der Waals surface area contributed by atoms with Crippen LogP contribution < -0.4 is 26.5 Å². The Labute approximate surface area is 352 Å². The first-order chi connectivity index (χ1) is 25.1. The summed E-state index contributed by atoms with van der Waals surface area (Å²) in [6.45, 7) is 9.59. The molecule has 0 bridgehead atoms. The summed E-state index contributed by atoms with van der Waals surface area (Å²) in [4.78, 5) is 25.2. The molecule has 6 aliphatic carbocycles. The minimum absolute atomic E-state index is 0. The van der Waals surface area contributed by atoms with E-state index in [2.05, 4.69) is 68.0 Å². The van der Waals surface area contributed by atoms with E-state index in [0.29, 0.717) is 53.0 Å². The Balaban J connectivity index is 0.000000210. The number of ether oxygens (including phenoxy) is 4. The average molecular weight is 816 g/mol. The molecule has 2 aromatic carbocycles. The Morgan fingerprint density at radius 1 is 0.759 bits per heavy atom. The number of methoxy groups -OCH3 is 4. The molecule has 0 unspecified atom stereocenters. The van der Waals surface area contributed by atoms with Gasteiger partial charge in [0.25, 0.3) is 0 Å². The summed E-state index contributed by atoms with van der Waals surface area (Å²) in [5, 5.41) is 0. The first-order valence-electron chi connectivity index (χ1n) is 20.0. The van der Waals surface area contributed by atoms with Crippen molar-refractivity contribution < 1.29 is 45.5 Å². The quantitative estimate of drug-likeness (QED) is 0.181. The Morgan fingerprint density at radius 2 is 1.31 bits per heavy atom. The summed E-state index contributed by atoms with van der Waals surface area (Å²) < 4.78 is 20.7. The Hall–Kier alpha value is -1.71. The van der Waals surface area contributed by atoms with E-state index in [4.69, 9.17) is 14.2 Å². The number of benzene rings is 2. The van der Waals surface area contributed by atoms with Gasteiger partial charge < -0.3 is 42.9 Å². The summed E-state index contributed by atoms with van der Waals surface area (Å²) in [6, 6.07) is 13.2. The number of halogens is 1. The predicted molar refractivity (Wildman–Crippen MR) is 213 cm³/mol. The van der Waals surface area contributed by atoms with E-state index in [1.165, 1.54) is 35.1 Å². The fraction of sp³-hybridized carbons (Fsp3) is 0.630. The van der Waals surface area contributed by atoms with Crippen LogP contribution in [-0.4, -0.2) is 76.3 Å². The molecule has 0 spiro atoms. The van der Waals surface area contributed by atoms with Gasteiger partial charge in [0.1, 0.15) is 17.3 Å². The Bertz CT molecular complexity index is 1610. The molecular weight excluding hydrogens is 753 g/mol. The number of carbonyl (C=O) groups excluding carboxylic acids is 2. The zero-order chi connectivity index (χ0) is 37.0. The van der Waals surface area contributed by atoms with Crippen LogP contribution in [0, 0.1) is 47.3 Å².